The van der Waals surface area contributed by atoms with Gasteiger partial charge in [-0.15, -0.1) is 0 Å². The molecule has 0 aromatic heterocycles. The molecular formula is C11H13NO4. The van der Waals surface area contributed by atoms with E-state index in [0.29, 0.717) is 17.6 Å². The fourth-order valence-corrected chi connectivity index (χ4v) is 1.27. The monoisotopic (exact) mass is 223 g/mol. The highest BCUT2D eigenvalue weighted by molar-refractivity contribution is 5.99. The Labute approximate surface area is 93.1 Å². The largest absolute Gasteiger partial charge is 0.497 e. The zero-order valence-electron chi connectivity index (χ0n) is 9.10. The van der Waals surface area contributed by atoms with Gasteiger partial charge in [-0.2, -0.15) is 0 Å². The van der Waals surface area contributed by atoms with Gasteiger partial charge in [-0.1, -0.05) is 12.1 Å². The minimum absolute atomic E-state index is 0.357. The number of carbonyl (C=O) groups excluding carboxylic acids is 2. The summed E-state index contributed by atoms with van der Waals surface area (Å²) in [5.74, 6) is -0.186. The van der Waals surface area contributed by atoms with Crippen molar-refractivity contribution < 1.29 is 19.1 Å². The number of hydrogen-bond acceptors (Lipinski definition) is 5. The van der Waals surface area contributed by atoms with Crippen LogP contribution in [0, 0.1) is 0 Å². The molecule has 5 heteroatoms. The number of hydrogen-bond donors (Lipinski definition) is 1. The molecule has 1 atom stereocenters. The number of methoxy groups -OCH3 is 2. The van der Waals surface area contributed by atoms with Crippen LogP contribution in [0.25, 0.3) is 0 Å². The number of esters is 1. The lowest BCUT2D eigenvalue weighted by molar-refractivity contribution is -0.149. The molecule has 86 valence electrons. The summed E-state index contributed by atoms with van der Waals surface area (Å²) in [6, 6.07) is 6.32. The lowest BCUT2D eigenvalue weighted by Gasteiger charge is -2.20. The van der Waals surface area contributed by atoms with E-state index in [-0.39, 0.29) is 0 Å². The second-order valence-electron chi connectivity index (χ2n) is 3.21. The van der Waals surface area contributed by atoms with Crippen molar-refractivity contribution in [2.75, 3.05) is 14.2 Å². The summed E-state index contributed by atoms with van der Waals surface area (Å²) >= 11 is 0. The first-order chi connectivity index (χ1) is 7.58. The third-order valence-corrected chi connectivity index (χ3v) is 2.28. The van der Waals surface area contributed by atoms with Crippen molar-refractivity contribution in [3.05, 3.63) is 29.8 Å². The zero-order valence-corrected chi connectivity index (χ0v) is 9.10. The predicted octanol–water partition coefficient (Wildman–Crippen LogP) is 0.221. The SMILES string of the molecule is COC(=O)C(N)(C=O)c1ccc(OC)cc1. The molecule has 0 saturated heterocycles. The fourth-order valence-electron chi connectivity index (χ4n) is 1.27. The van der Waals surface area contributed by atoms with Crippen LogP contribution in [0.3, 0.4) is 0 Å². The molecule has 0 radical (unpaired) electrons. The molecule has 0 saturated carbocycles. The highest BCUT2D eigenvalue weighted by Crippen LogP contribution is 2.20. The minimum Gasteiger partial charge on any atom is -0.497 e. The van der Waals surface area contributed by atoms with Gasteiger partial charge in [0, 0.05) is 0 Å². The van der Waals surface area contributed by atoms with E-state index < -0.39 is 11.5 Å². The summed E-state index contributed by atoms with van der Waals surface area (Å²) in [7, 11) is 2.70. The van der Waals surface area contributed by atoms with Gasteiger partial charge in [-0.25, -0.2) is 4.79 Å². The standard InChI is InChI=1S/C11H13NO4/c1-15-9-5-3-8(4-6-9)11(12,7-13)10(14)16-2/h3-7H,12H2,1-2H3. The van der Waals surface area contributed by atoms with E-state index in [2.05, 4.69) is 4.74 Å². The molecule has 16 heavy (non-hydrogen) atoms. The van der Waals surface area contributed by atoms with Crippen LogP contribution in [0.1, 0.15) is 5.56 Å². The van der Waals surface area contributed by atoms with Crippen LogP contribution in [0.5, 0.6) is 5.75 Å². The van der Waals surface area contributed by atoms with E-state index in [1.165, 1.54) is 14.2 Å². The maximum atomic E-state index is 11.4. The quantitative estimate of drug-likeness (QED) is 0.449. The topological polar surface area (TPSA) is 78.6 Å². The molecule has 0 amide bonds. The number of carbonyl (C=O) groups is 2. The molecule has 2 N–H and O–H groups in total. The summed E-state index contributed by atoms with van der Waals surface area (Å²) in [6.45, 7) is 0. The predicted molar refractivity (Wildman–Crippen MR) is 56.9 cm³/mol. The van der Waals surface area contributed by atoms with E-state index in [9.17, 15) is 9.59 Å². The summed E-state index contributed by atoms with van der Waals surface area (Å²) in [5.41, 5.74) is 4.27. The maximum absolute atomic E-state index is 11.4. The highest BCUT2D eigenvalue weighted by Gasteiger charge is 2.37. The average Bonchev–Trinajstić information content (AvgIpc) is 2.36. The number of nitrogens with two attached hydrogens (primary N) is 1. The Kier molecular flexibility index (Phi) is 3.63. The van der Waals surface area contributed by atoms with Gasteiger partial charge in [0.15, 0.2) is 11.8 Å². The fraction of sp³-hybridized carbons (Fsp3) is 0.273. The molecule has 0 heterocycles. The number of ether oxygens (including phenoxy) is 2. The van der Waals surface area contributed by atoms with Crippen LogP contribution < -0.4 is 10.5 Å². The van der Waals surface area contributed by atoms with Crippen LogP contribution in [-0.2, 0) is 19.9 Å². The van der Waals surface area contributed by atoms with Crippen LogP contribution in [0.15, 0.2) is 24.3 Å². The first-order valence-electron chi connectivity index (χ1n) is 4.56. The van der Waals surface area contributed by atoms with Gasteiger partial charge in [0.25, 0.3) is 0 Å². The molecule has 0 fully saturated rings. The molecule has 1 unspecified atom stereocenters. The van der Waals surface area contributed by atoms with Gasteiger partial charge < -0.3 is 20.0 Å². The normalized spacial score (nSPS) is 13.7. The van der Waals surface area contributed by atoms with Crippen molar-refractivity contribution in [2.45, 2.75) is 5.54 Å². The van der Waals surface area contributed by atoms with E-state index in [1.807, 2.05) is 0 Å². The third kappa shape index (κ3) is 2.04. The lowest BCUT2D eigenvalue weighted by Crippen LogP contribution is -2.47. The van der Waals surface area contributed by atoms with E-state index in [1.54, 1.807) is 24.3 Å². The first kappa shape index (κ1) is 12.2. The summed E-state index contributed by atoms with van der Waals surface area (Å²) in [4.78, 5) is 22.3. The number of benzene rings is 1. The molecule has 0 aliphatic carbocycles. The van der Waals surface area contributed by atoms with Gasteiger partial charge in [0.05, 0.1) is 14.2 Å². The molecule has 0 spiro atoms. The average molecular weight is 223 g/mol. The van der Waals surface area contributed by atoms with Gasteiger partial charge in [0.1, 0.15) is 5.75 Å². The van der Waals surface area contributed by atoms with Crippen LogP contribution in [0.4, 0.5) is 0 Å². The Morgan fingerprint density at radius 2 is 1.88 bits per heavy atom. The summed E-state index contributed by atoms with van der Waals surface area (Å²) in [5, 5.41) is 0. The molecule has 0 aliphatic rings. The van der Waals surface area contributed by atoms with Gasteiger partial charge >= 0.3 is 5.97 Å². The molecule has 0 aliphatic heterocycles. The smallest absolute Gasteiger partial charge is 0.338 e. The molecule has 1 aromatic carbocycles. The van der Waals surface area contributed by atoms with E-state index >= 15 is 0 Å². The van der Waals surface area contributed by atoms with Crippen molar-refractivity contribution >= 4 is 12.3 Å². The maximum Gasteiger partial charge on any atom is 0.338 e. The summed E-state index contributed by atoms with van der Waals surface area (Å²) < 4.78 is 9.45. The van der Waals surface area contributed by atoms with Crippen LogP contribution >= 0.6 is 0 Å². The lowest BCUT2D eigenvalue weighted by atomic mass is 9.93. The van der Waals surface area contributed by atoms with Crippen LogP contribution in [-0.4, -0.2) is 26.5 Å². The van der Waals surface area contributed by atoms with Crippen molar-refractivity contribution in [2.24, 2.45) is 5.73 Å². The van der Waals surface area contributed by atoms with Gasteiger partial charge in [-0.3, -0.25) is 0 Å². The number of rotatable bonds is 4. The Morgan fingerprint density at radius 1 is 1.31 bits per heavy atom. The van der Waals surface area contributed by atoms with Crippen molar-refractivity contribution in [3.8, 4) is 5.75 Å². The summed E-state index contributed by atoms with van der Waals surface area (Å²) in [6.07, 6.45) is 0.362. The molecule has 1 aromatic rings. The Balaban J connectivity index is 3.12. The zero-order chi connectivity index (χ0) is 12.2. The minimum atomic E-state index is -1.76. The Morgan fingerprint density at radius 3 is 2.25 bits per heavy atom. The second kappa shape index (κ2) is 4.76. The Hall–Kier alpha value is -1.88. The molecular weight excluding hydrogens is 210 g/mol. The van der Waals surface area contributed by atoms with Crippen molar-refractivity contribution in [1.29, 1.82) is 0 Å². The van der Waals surface area contributed by atoms with E-state index in [4.69, 9.17) is 10.5 Å². The second-order valence-corrected chi connectivity index (χ2v) is 3.21. The Bertz CT molecular complexity index is 387. The van der Waals surface area contributed by atoms with Crippen LogP contribution in [0.2, 0.25) is 0 Å². The third-order valence-electron chi connectivity index (χ3n) is 2.28. The highest BCUT2D eigenvalue weighted by atomic mass is 16.5. The molecule has 0 bridgehead atoms. The first-order valence-corrected chi connectivity index (χ1v) is 4.56. The van der Waals surface area contributed by atoms with Crippen molar-refractivity contribution in [1.82, 2.24) is 0 Å². The van der Waals surface area contributed by atoms with Gasteiger partial charge in [-0.05, 0) is 17.7 Å². The van der Waals surface area contributed by atoms with E-state index in [0.717, 1.165) is 0 Å². The number of aldehydes is 1. The van der Waals surface area contributed by atoms with Gasteiger partial charge in [0.2, 0.25) is 0 Å². The molecule has 5 nitrogen and oxygen atoms in total. The molecule has 1 rings (SSSR count). The van der Waals surface area contributed by atoms with Crippen molar-refractivity contribution in [3.63, 3.8) is 0 Å².